The molecule has 4 rings (SSSR count). The zero-order valence-electron chi connectivity index (χ0n) is 20.6. The second kappa shape index (κ2) is 12.8. The number of aliphatic hydroxyl groups is 1. The Kier molecular flexibility index (Phi) is 9.05. The molecule has 192 valence electrons. The Morgan fingerprint density at radius 1 is 1.08 bits per heavy atom. The van der Waals surface area contributed by atoms with Crippen molar-refractivity contribution in [3.63, 3.8) is 0 Å². The lowest BCUT2D eigenvalue weighted by Crippen LogP contribution is -2.47. The Hall–Kier alpha value is -3.97. The fourth-order valence-electron chi connectivity index (χ4n) is 3.95. The molecule has 37 heavy (non-hydrogen) atoms. The van der Waals surface area contributed by atoms with Crippen molar-refractivity contribution in [1.82, 2.24) is 5.32 Å². The van der Waals surface area contributed by atoms with E-state index in [-0.39, 0.29) is 24.9 Å². The first-order chi connectivity index (χ1) is 18.1. The molecular formula is C30H31FN2O4. The molecule has 1 amide bonds. The maximum Gasteiger partial charge on any atom is 0.251 e. The molecule has 0 saturated carbocycles. The van der Waals surface area contributed by atoms with Crippen molar-refractivity contribution in [1.29, 1.82) is 0 Å². The van der Waals surface area contributed by atoms with Crippen molar-refractivity contribution in [2.45, 2.75) is 24.8 Å². The third-order valence-corrected chi connectivity index (χ3v) is 6.04. The smallest absolute Gasteiger partial charge is 0.251 e. The van der Waals surface area contributed by atoms with Crippen LogP contribution in [0, 0.1) is 5.82 Å². The summed E-state index contributed by atoms with van der Waals surface area (Å²) in [4.78, 5) is 18.2. The van der Waals surface area contributed by atoms with E-state index in [0.29, 0.717) is 44.1 Å². The molecule has 6 nitrogen and oxygen atoms in total. The molecule has 0 aliphatic carbocycles. The number of benzene rings is 3. The largest absolute Gasteiger partial charge is 0.494 e. The van der Waals surface area contributed by atoms with Crippen molar-refractivity contribution < 1.29 is 23.8 Å². The molecular weight excluding hydrogens is 471 g/mol. The molecule has 0 unspecified atom stereocenters. The molecule has 3 aromatic carbocycles. The average Bonchev–Trinajstić information content (AvgIpc) is 3.36. The third kappa shape index (κ3) is 7.27. The lowest BCUT2D eigenvalue weighted by Gasteiger charge is -2.21. The normalized spacial score (nSPS) is 16.9. The summed E-state index contributed by atoms with van der Waals surface area (Å²) < 4.78 is 24.7. The minimum Gasteiger partial charge on any atom is -0.494 e. The molecule has 1 aliphatic heterocycles. The number of nitrogens with zero attached hydrogens (tertiary/aromatic N) is 1. The summed E-state index contributed by atoms with van der Waals surface area (Å²) in [5.41, 5.74) is 1.63. The van der Waals surface area contributed by atoms with Gasteiger partial charge in [-0.25, -0.2) is 9.38 Å². The molecule has 0 spiro atoms. The van der Waals surface area contributed by atoms with Crippen molar-refractivity contribution in [3.8, 4) is 5.75 Å². The van der Waals surface area contributed by atoms with Crippen LogP contribution in [0.15, 0.2) is 89.9 Å². The number of ether oxygens (including phenoxy) is 2. The number of aliphatic imine (C=N–C) groups is 1. The Bertz CT molecular complexity index is 1210. The van der Waals surface area contributed by atoms with E-state index in [1.165, 1.54) is 12.1 Å². The fraction of sp³-hybridized carbons (Fsp3) is 0.267. The lowest BCUT2D eigenvalue weighted by molar-refractivity contribution is -0.126. The fourth-order valence-corrected chi connectivity index (χ4v) is 3.95. The number of rotatable bonds is 12. The number of hydrogen-bond acceptors (Lipinski definition) is 5. The molecule has 7 heteroatoms. The van der Waals surface area contributed by atoms with Gasteiger partial charge in [-0.15, -0.1) is 0 Å². The van der Waals surface area contributed by atoms with Gasteiger partial charge in [0, 0.05) is 31.6 Å². The Labute approximate surface area is 216 Å². The van der Waals surface area contributed by atoms with Crippen molar-refractivity contribution in [2.75, 3.05) is 26.4 Å². The number of amides is 1. The first-order valence-corrected chi connectivity index (χ1v) is 12.4. The van der Waals surface area contributed by atoms with Crippen LogP contribution in [0.4, 0.5) is 4.39 Å². The topological polar surface area (TPSA) is 80.2 Å². The number of aliphatic hydroxyl groups excluding tert-OH is 1. The van der Waals surface area contributed by atoms with Gasteiger partial charge in [0.2, 0.25) is 5.90 Å². The predicted molar refractivity (Wildman–Crippen MR) is 142 cm³/mol. The van der Waals surface area contributed by atoms with Crippen LogP contribution in [-0.4, -0.2) is 48.8 Å². The van der Waals surface area contributed by atoms with Crippen LogP contribution in [0.5, 0.6) is 5.75 Å². The van der Waals surface area contributed by atoms with Gasteiger partial charge in [-0.2, -0.15) is 0 Å². The first kappa shape index (κ1) is 26.1. The molecule has 1 aliphatic rings. The number of halogens is 1. The highest BCUT2D eigenvalue weighted by molar-refractivity contribution is 6.00. The summed E-state index contributed by atoms with van der Waals surface area (Å²) in [5.74, 6) is 0.591. The van der Waals surface area contributed by atoms with E-state index in [1.807, 2.05) is 66.7 Å². The molecule has 0 fully saturated rings. The SMILES string of the molecule is O=C(NCCc1ccc(F)cc1)[C@@]1(C/C=C/c2ccccc2)COC(c2ccc(OCCCO)cc2)=N1. The molecule has 3 aromatic rings. The highest BCUT2D eigenvalue weighted by Gasteiger charge is 2.43. The lowest BCUT2D eigenvalue weighted by atomic mass is 9.95. The standard InChI is InChI=1S/C30H31FN2O4/c31-26-13-9-24(10-14-26)17-19-32-29(35)30(18-4-8-23-6-2-1-3-7-23)22-37-28(33-30)25-11-15-27(16-12-25)36-21-5-20-34/h1-4,6-16,34H,5,17-22H2,(H,32,35)/b8-4+/t30-/m1/s1. The number of nitrogens with one attached hydrogen (secondary N) is 1. The van der Waals surface area contributed by atoms with Crippen LogP contribution >= 0.6 is 0 Å². The van der Waals surface area contributed by atoms with E-state index in [9.17, 15) is 9.18 Å². The van der Waals surface area contributed by atoms with Crippen LogP contribution in [0.25, 0.3) is 6.08 Å². The van der Waals surface area contributed by atoms with E-state index >= 15 is 0 Å². The first-order valence-electron chi connectivity index (χ1n) is 12.4. The monoisotopic (exact) mass is 502 g/mol. The Morgan fingerprint density at radius 3 is 2.57 bits per heavy atom. The van der Waals surface area contributed by atoms with Gasteiger partial charge in [-0.3, -0.25) is 4.79 Å². The van der Waals surface area contributed by atoms with E-state index in [0.717, 1.165) is 16.7 Å². The van der Waals surface area contributed by atoms with E-state index in [1.54, 1.807) is 12.1 Å². The molecule has 0 saturated heterocycles. The van der Waals surface area contributed by atoms with Crippen LogP contribution in [0.1, 0.15) is 29.5 Å². The summed E-state index contributed by atoms with van der Waals surface area (Å²) in [6.45, 7) is 1.04. The van der Waals surface area contributed by atoms with Gasteiger partial charge in [-0.1, -0.05) is 54.6 Å². The predicted octanol–water partition coefficient (Wildman–Crippen LogP) is 4.56. The van der Waals surface area contributed by atoms with Gasteiger partial charge in [0.25, 0.3) is 5.91 Å². The van der Waals surface area contributed by atoms with Crippen LogP contribution in [-0.2, 0) is 16.0 Å². The van der Waals surface area contributed by atoms with Gasteiger partial charge in [0.15, 0.2) is 5.54 Å². The van der Waals surface area contributed by atoms with Crippen LogP contribution in [0.3, 0.4) is 0 Å². The summed E-state index contributed by atoms with van der Waals surface area (Å²) >= 11 is 0. The van der Waals surface area contributed by atoms with Crippen molar-refractivity contribution >= 4 is 17.9 Å². The molecule has 0 radical (unpaired) electrons. The maximum atomic E-state index is 13.4. The van der Waals surface area contributed by atoms with Gasteiger partial charge in [0.1, 0.15) is 18.2 Å². The van der Waals surface area contributed by atoms with Gasteiger partial charge in [-0.05, 0) is 53.9 Å². The van der Waals surface area contributed by atoms with E-state index in [4.69, 9.17) is 19.6 Å². The molecule has 1 heterocycles. The molecule has 1 atom stereocenters. The van der Waals surface area contributed by atoms with Gasteiger partial charge < -0.3 is 19.9 Å². The zero-order chi connectivity index (χ0) is 25.9. The number of carbonyl (C=O) groups excluding carboxylic acids is 1. The van der Waals surface area contributed by atoms with E-state index in [2.05, 4.69) is 5.32 Å². The molecule has 0 bridgehead atoms. The minimum absolute atomic E-state index is 0.0789. The number of hydrogen-bond donors (Lipinski definition) is 2. The zero-order valence-corrected chi connectivity index (χ0v) is 20.6. The van der Waals surface area contributed by atoms with Gasteiger partial charge in [0.05, 0.1) is 6.61 Å². The average molecular weight is 503 g/mol. The third-order valence-electron chi connectivity index (χ3n) is 6.04. The highest BCUT2D eigenvalue weighted by atomic mass is 19.1. The summed E-state index contributed by atoms with van der Waals surface area (Å²) in [7, 11) is 0. The summed E-state index contributed by atoms with van der Waals surface area (Å²) in [6.07, 6.45) is 5.43. The molecule has 0 aromatic heterocycles. The van der Waals surface area contributed by atoms with Crippen LogP contribution in [0.2, 0.25) is 0 Å². The Balaban J connectivity index is 1.47. The summed E-state index contributed by atoms with van der Waals surface area (Å²) in [5, 5.41) is 11.9. The van der Waals surface area contributed by atoms with Gasteiger partial charge >= 0.3 is 0 Å². The van der Waals surface area contributed by atoms with Crippen molar-refractivity contribution in [2.24, 2.45) is 4.99 Å². The highest BCUT2D eigenvalue weighted by Crippen LogP contribution is 2.28. The van der Waals surface area contributed by atoms with E-state index < -0.39 is 5.54 Å². The van der Waals surface area contributed by atoms with Crippen molar-refractivity contribution in [3.05, 3.63) is 107 Å². The summed E-state index contributed by atoms with van der Waals surface area (Å²) in [6, 6.07) is 23.4. The Morgan fingerprint density at radius 2 is 1.84 bits per heavy atom. The number of carbonyl (C=O) groups is 1. The quantitative estimate of drug-likeness (QED) is 0.356. The molecule has 2 N–H and O–H groups in total. The second-order valence-electron chi connectivity index (χ2n) is 8.84. The van der Waals surface area contributed by atoms with Crippen LogP contribution < -0.4 is 10.1 Å². The maximum absolute atomic E-state index is 13.4. The second-order valence-corrected chi connectivity index (χ2v) is 8.84. The minimum atomic E-state index is -1.10.